The van der Waals surface area contributed by atoms with E-state index in [1.54, 1.807) is 0 Å². The summed E-state index contributed by atoms with van der Waals surface area (Å²) in [6.07, 6.45) is 22.1. The minimum absolute atomic E-state index is 0.623. The second-order valence-corrected chi connectivity index (χ2v) is 10.1. The minimum atomic E-state index is 0.623. The molecule has 0 amide bonds. The molecular weight excluding hydrogens is 354 g/mol. The second kappa shape index (κ2) is 14.6. The monoisotopic (exact) mass is 407 g/mol. The molecule has 6 unspecified atom stereocenters. The van der Waals surface area contributed by atoms with Crippen molar-refractivity contribution in [3.63, 3.8) is 0 Å². The highest BCUT2D eigenvalue weighted by Gasteiger charge is 2.52. The standard InChI is InChI=1S/C24H42O.C2H6.CH5N/c1-19-9-5-6-11-20-16-17-24(2)21(12-4-3-7-18-25)14-15-23(24)22(20)13-8-10-19;2*1-2/h18-23H,3-17H2,1-2H3;1-2H3;2H2,1H3. The van der Waals surface area contributed by atoms with E-state index in [0.717, 1.165) is 48.7 Å². The molecule has 0 aromatic heterocycles. The zero-order valence-electron chi connectivity index (χ0n) is 20.6. The van der Waals surface area contributed by atoms with E-state index < -0.39 is 0 Å². The fourth-order valence-corrected chi connectivity index (χ4v) is 7.11. The van der Waals surface area contributed by atoms with Crippen LogP contribution in [0.5, 0.6) is 0 Å². The van der Waals surface area contributed by atoms with Crippen LogP contribution in [0.1, 0.15) is 124 Å². The molecule has 3 saturated carbocycles. The quantitative estimate of drug-likeness (QED) is 0.373. The summed E-state index contributed by atoms with van der Waals surface area (Å²) in [6.45, 7) is 9.14. The van der Waals surface area contributed by atoms with Gasteiger partial charge in [-0.25, -0.2) is 0 Å². The molecule has 2 N–H and O–H groups in total. The third-order valence-electron chi connectivity index (χ3n) is 8.66. The van der Waals surface area contributed by atoms with Crippen LogP contribution in [0.3, 0.4) is 0 Å². The van der Waals surface area contributed by atoms with Gasteiger partial charge in [0.1, 0.15) is 6.29 Å². The predicted octanol–water partition coefficient (Wildman–Crippen LogP) is 7.79. The van der Waals surface area contributed by atoms with Crippen molar-refractivity contribution in [2.45, 2.75) is 124 Å². The molecule has 2 nitrogen and oxygen atoms in total. The Bertz CT molecular complexity index is 423. The largest absolute Gasteiger partial charge is 0.333 e. The van der Waals surface area contributed by atoms with Crippen LogP contribution in [0.15, 0.2) is 0 Å². The van der Waals surface area contributed by atoms with Gasteiger partial charge in [-0.05, 0) is 87.0 Å². The van der Waals surface area contributed by atoms with Crippen molar-refractivity contribution < 1.29 is 4.79 Å². The van der Waals surface area contributed by atoms with Crippen LogP contribution in [-0.4, -0.2) is 13.3 Å². The lowest BCUT2D eigenvalue weighted by molar-refractivity contribution is -0.107. The maximum atomic E-state index is 10.6. The molecule has 0 aliphatic heterocycles. The summed E-state index contributed by atoms with van der Waals surface area (Å²) in [7, 11) is 1.50. The van der Waals surface area contributed by atoms with Crippen LogP contribution in [-0.2, 0) is 4.79 Å². The van der Waals surface area contributed by atoms with Gasteiger partial charge in [0, 0.05) is 6.42 Å². The lowest BCUT2D eigenvalue weighted by atomic mass is 9.56. The molecule has 172 valence electrons. The van der Waals surface area contributed by atoms with Crippen LogP contribution < -0.4 is 5.73 Å². The van der Waals surface area contributed by atoms with Crippen molar-refractivity contribution in [1.82, 2.24) is 0 Å². The van der Waals surface area contributed by atoms with E-state index in [2.05, 4.69) is 19.6 Å². The van der Waals surface area contributed by atoms with Crippen molar-refractivity contribution >= 4 is 6.29 Å². The molecule has 2 heteroatoms. The van der Waals surface area contributed by atoms with E-state index >= 15 is 0 Å². The molecular formula is C27H53NO. The number of rotatable bonds is 5. The van der Waals surface area contributed by atoms with Gasteiger partial charge in [-0.15, -0.1) is 0 Å². The molecule has 0 spiro atoms. The highest BCUT2D eigenvalue weighted by atomic mass is 16.1. The van der Waals surface area contributed by atoms with Crippen LogP contribution >= 0.6 is 0 Å². The summed E-state index contributed by atoms with van der Waals surface area (Å²) < 4.78 is 0. The van der Waals surface area contributed by atoms with E-state index in [9.17, 15) is 4.79 Å². The number of hydrogen-bond acceptors (Lipinski definition) is 2. The molecule has 3 rings (SSSR count). The summed E-state index contributed by atoms with van der Waals surface area (Å²) in [4.78, 5) is 10.6. The SMILES string of the molecule is CC.CC1CCCCC2CCC3(C)C(CCCCC=O)CCC3C2CCC1.CN. The zero-order chi connectivity index (χ0) is 21.7. The molecule has 0 bridgehead atoms. The Balaban J connectivity index is 0.000000989. The first-order chi connectivity index (χ1) is 14.1. The van der Waals surface area contributed by atoms with Gasteiger partial charge in [-0.2, -0.15) is 0 Å². The molecule has 3 fully saturated rings. The molecule has 0 heterocycles. The minimum Gasteiger partial charge on any atom is -0.333 e. The summed E-state index contributed by atoms with van der Waals surface area (Å²) in [5.41, 5.74) is 5.12. The summed E-state index contributed by atoms with van der Waals surface area (Å²) in [5, 5.41) is 0. The van der Waals surface area contributed by atoms with Crippen LogP contribution in [0.2, 0.25) is 0 Å². The molecule has 0 aromatic carbocycles. The van der Waals surface area contributed by atoms with Crippen molar-refractivity contribution in [2.75, 3.05) is 7.05 Å². The van der Waals surface area contributed by atoms with Gasteiger partial charge in [0.05, 0.1) is 0 Å². The van der Waals surface area contributed by atoms with Crippen molar-refractivity contribution in [3.05, 3.63) is 0 Å². The lowest BCUT2D eigenvalue weighted by Crippen LogP contribution is -2.41. The molecule has 3 aliphatic rings. The maximum Gasteiger partial charge on any atom is 0.119 e. The van der Waals surface area contributed by atoms with Gasteiger partial charge < -0.3 is 10.5 Å². The molecule has 3 aliphatic carbocycles. The molecule has 6 atom stereocenters. The summed E-state index contributed by atoms with van der Waals surface area (Å²) >= 11 is 0. The predicted molar refractivity (Wildman–Crippen MR) is 128 cm³/mol. The average molecular weight is 408 g/mol. The van der Waals surface area contributed by atoms with Gasteiger partial charge in [-0.3, -0.25) is 0 Å². The van der Waals surface area contributed by atoms with E-state index in [-0.39, 0.29) is 0 Å². The molecule has 0 saturated heterocycles. The van der Waals surface area contributed by atoms with Gasteiger partial charge >= 0.3 is 0 Å². The first-order valence-corrected chi connectivity index (χ1v) is 13.2. The number of aldehydes is 1. The van der Waals surface area contributed by atoms with E-state index in [4.69, 9.17) is 0 Å². The Morgan fingerprint density at radius 1 is 0.897 bits per heavy atom. The second-order valence-electron chi connectivity index (χ2n) is 10.1. The fourth-order valence-electron chi connectivity index (χ4n) is 7.11. The number of carbonyl (C=O) groups is 1. The normalized spacial score (nSPS) is 37.0. The highest BCUT2D eigenvalue weighted by molar-refractivity contribution is 5.48. The molecule has 29 heavy (non-hydrogen) atoms. The van der Waals surface area contributed by atoms with Crippen molar-refractivity contribution in [2.24, 2.45) is 40.7 Å². The number of hydrogen-bond donors (Lipinski definition) is 1. The third-order valence-corrected chi connectivity index (χ3v) is 8.66. The Morgan fingerprint density at radius 2 is 1.59 bits per heavy atom. The van der Waals surface area contributed by atoms with Crippen LogP contribution in [0, 0.1) is 35.0 Å². The smallest absolute Gasteiger partial charge is 0.119 e. The highest BCUT2D eigenvalue weighted by Crippen LogP contribution is 2.61. The third kappa shape index (κ3) is 7.37. The fraction of sp³-hybridized carbons (Fsp3) is 0.963. The van der Waals surface area contributed by atoms with Crippen molar-refractivity contribution in [1.29, 1.82) is 0 Å². The Kier molecular flexibility index (Phi) is 13.4. The number of nitrogens with two attached hydrogens (primary N) is 1. The Labute approximate surface area is 183 Å². The average Bonchev–Trinajstić information content (AvgIpc) is 3.09. The topological polar surface area (TPSA) is 43.1 Å². The molecule has 0 radical (unpaired) electrons. The number of unbranched alkanes of at least 4 members (excludes halogenated alkanes) is 2. The number of carbonyl (C=O) groups excluding carboxylic acids is 1. The van der Waals surface area contributed by atoms with Gasteiger partial charge in [0.2, 0.25) is 0 Å². The van der Waals surface area contributed by atoms with Crippen molar-refractivity contribution in [3.8, 4) is 0 Å². The molecule has 0 aromatic rings. The maximum absolute atomic E-state index is 10.6. The first-order valence-electron chi connectivity index (χ1n) is 13.2. The number of fused-ring (bicyclic) bond motifs is 3. The zero-order valence-corrected chi connectivity index (χ0v) is 20.6. The van der Waals surface area contributed by atoms with Gasteiger partial charge in [0.25, 0.3) is 0 Å². The van der Waals surface area contributed by atoms with Crippen LogP contribution in [0.4, 0.5) is 0 Å². The lowest BCUT2D eigenvalue weighted by Gasteiger charge is -2.49. The van der Waals surface area contributed by atoms with E-state index in [1.165, 1.54) is 90.5 Å². The first kappa shape index (κ1) is 26.7. The van der Waals surface area contributed by atoms with Gasteiger partial charge in [-0.1, -0.05) is 72.6 Å². The Hall–Kier alpha value is -0.370. The van der Waals surface area contributed by atoms with E-state index in [0.29, 0.717) is 5.41 Å². The summed E-state index contributed by atoms with van der Waals surface area (Å²) in [5.74, 6) is 4.99. The van der Waals surface area contributed by atoms with Crippen LogP contribution in [0.25, 0.3) is 0 Å². The van der Waals surface area contributed by atoms with Gasteiger partial charge in [0.15, 0.2) is 0 Å². The summed E-state index contributed by atoms with van der Waals surface area (Å²) in [6, 6.07) is 0. The van der Waals surface area contributed by atoms with E-state index in [1.807, 2.05) is 13.8 Å². The Morgan fingerprint density at radius 3 is 2.31 bits per heavy atom.